The molecular formula is C15H21NO2. The number of benzene rings is 1. The first-order valence-electron chi connectivity index (χ1n) is 6.61. The Morgan fingerprint density at radius 3 is 3.06 bits per heavy atom. The highest BCUT2D eigenvalue weighted by atomic mass is 16.7. The second-order valence-corrected chi connectivity index (χ2v) is 4.47. The number of nitrogens with one attached hydrogen (secondary N) is 1. The van der Waals surface area contributed by atoms with Crippen molar-refractivity contribution in [3.8, 4) is 11.5 Å². The number of unbranched alkanes of at least 4 members (excludes halogenated alkanes) is 3. The summed E-state index contributed by atoms with van der Waals surface area (Å²) in [5.74, 6) is 1.76. The average molecular weight is 247 g/mol. The lowest BCUT2D eigenvalue weighted by molar-refractivity contribution is 0.173. The quantitative estimate of drug-likeness (QED) is 0.565. The number of ether oxygens (including phenoxy) is 2. The Hall–Kier alpha value is -1.48. The first-order valence-corrected chi connectivity index (χ1v) is 6.61. The second-order valence-electron chi connectivity index (χ2n) is 4.47. The maximum absolute atomic E-state index is 5.47. The van der Waals surface area contributed by atoms with E-state index in [1.54, 1.807) is 0 Å². The van der Waals surface area contributed by atoms with Crippen LogP contribution in [0.2, 0.25) is 0 Å². The van der Waals surface area contributed by atoms with Crippen LogP contribution in [0.1, 0.15) is 31.2 Å². The summed E-state index contributed by atoms with van der Waals surface area (Å²) >= 11 is 0. The van der Waals surface area contributed by atoms with E-state index in [1.807, 2.05) is 18.2 Å². The lowest BCUT2D eigenvalue weighted by atomic mass is 10.1. The predicted molar refractivity (Wildman–Crippen MR) is 72.9 cm³/mol. The zero-order valence-corrected chi connectivity index (χ0v) is 10.8. The van der Waals surface area contributed by atoms with Crippen molar-refractivity contribution in [1.82, 2.24) is 5.32 Å². The van der Waals surface area contributed by atoms with Gasteiger partial charge in [-0.05, 0) is 31.9 Å². The van der Waals surface area contributed by atoms with Crippen LogP contribution in [0.25, 0.3) is 0 Å². The summed E-state index contributed by atoms with van der Waals surface area (Å²) in [6.07, 6.45) is 6.81. The van der Waals surface area contributed by atoms with Crippen LogP contribution in [0.5, 0.6) is 11.5 Å². The number of rotatable bonds is 8. The number of allylic oxidation sites excluding steroid dienone is 1. The third-order valence-corrected chi connectivity index (χ3v) is 3.06. The number of hydrogen-bond donors (Lipinski definition) is 1. The van der Waals surface area contributed by atoms with E-state index in [0.717, 1.165) is 31.0 Å². The standard InChI is InChI=1S/C15H21NO2/c1-2-3-4-5-6-10-16-11-13-8-7-9-14-15(13)18-12-17-14/h2,7-9,16H,1,3-6,10-12H2. The molecule has 1 aliphatic rings. The zero-order valence-electron chi connectivity index (χ0n) is 10.8. The molecule has 0 atom stereocenters. The molecule has 1 N–H and O–H groups in total. The molecule has 0 saturated carbocycles. The Morgan fingerprint density at radius 1 is 1.22 bits per heavy atom. The summed E-state index contributed by atoms with van der Waals surface area (Å²) < 4.78 is 10.8. The molecule has 98 valence electrons. The normalized spacial score (nSPS) is 12.7. The van der Waals surface area contributed by atoms with Crippen molar-refractivity contribution in [2.24, 2.45) is 0 Å². The summed E-state index contributed by atoms with van der Waals surface area (Å²) in [5.41, 5.74) is 1.18. The third-order valence-electron chi connectivity index (χ3n) is 3.06. The Morgan fingerprint density at radius 2 is 2.17 bits per heavy atom. The molecule has 2 rings (SSSR count). The average Bonchev–Trinajstić information content (AvgIpc) is 2.86. The molecule has 0 unspecified atom stereocenters. The van der Waals surface area contributed by atoms with Gasteiger partial charge in [0.15, 0.2) is 11.5 Å². The van der Waals surface area contributed by atoms with E-state index < -0.39 is 0 Å². The van der Waals surface area contributed by atoms with Crippen molar-refractivity contribution in [2.45, 2.75) is 32.2 Å². The summed E-state index contributed by atoms with van der Waals surface area (Å²) in [6, 6.07) is 6.04. The molecule has 1 aliphatic heterocycles. The second kappa shape index (κ2) is 7.07. The number of hydrogen-bond acceptors (Lipinski definition) is 3. The molecule has 1 heterocycles. The monoisotopic (exact) mass is 247 g/mol. The Balaban J connectivity index is 1.68. The molecular weight excluding hydrogens is 226 g/mol. The van der Waals surface area contributed by atoms with Gasteiger partial charge in [0.05, 0.1) is 0 Å². The SMILES string of the molecule is C=CCCCCCNCc1cccc2c1OCO2. The van der Waals surface area contributed by atoms with Crippen molar-refractivity contribution in [3.63, 3.8) is 0 Å². The smallest absolute Gasteiger partial charge is 0.231 e. The summed E-state index contributed by atoms with van der Waals surface area (Å²) in [7, 11) is 0. The Kier molecular flexibility index (Phi) is 5.09. The minimum Gasteiger partial charge on any atom is -0.454 e. The van der Waals surface area contributed by atoms with Gasteiger partial charge in [-0.15, -0.1) is 6.58 Å². The minimum atomic E-state index is 0.341. The lowest BCUT2D eigenvalue weighted by Gasteiger charge is -2.07. The van der Waals surface area contributed by atoms with Crippen LogP contribution in [0.3, 0.4) is 0 Å². The van der Waals surface area contributed by atoms with Crippen LogP contribution in [0, 0.1) is 0 Å². The van der Waals surface area contributed by atoms with Gasteiger partial charge < -0.3 is 14.8 Å². The van der Waals surface area contributed by atoms with Crippen molar-refractivity contribution in [1.29, 1.82) is 0 Å². The molecule has 0 aliphatic carbocycles. The fourth-order valence-electron chi connectivity index (χ4n) is 2.07. The van der Waals surface area contributed by atoms with Crippen molar-refractivity contribution in [2.75, 3.05) is 13.3 Å². The molecule has 0 amide bonds. The molecule has 0 saturated heterocycles. The molecule has 3 nitrogen and oxygen atoms in total. The predicted octanol–water partition coefficient (Wildman–Crippen LogP) is 3.25. The fraction of sp³-hybridized carbons (Fsp3) is 0.467. The van der Waals surface area contributed by atoms with Gasteiger partial charge >= 0.3 is 0 Å². The molecule has 0 radical (unpaired) electrons. The highest BCUT2D eigenvalue weighted by Crippen LogP contribution is 2.35. The Bertz CT molecular complexity index is 390. The lowest BCUT2D eigenvalue weighted by Crippen LogP contribution is -2.15. The molecule has 3 heteroatoms. The van der Waals surface area contributed by atoms with Crippen molar-refractivity contribution >= 4 is 0 Å². The molecule has 0 fully saturated rings. The van der Waals surface area contributed by atoms with Crippen LogP contribution in [-0.4, -0.2) is 13.3 Å². The van der Waals surface area contributed by atoms with E-state index >= 15 is 0 Å². The Labute approximate surface area is 109 Å². The van der Waals surface area contributed by atoms with Gasteiger partial charge in [-0.25, -0.2) is 0 Å². The third kappa shape index (κ3) is 3.50. The van der Waals surface area contributed by atoms with Crippen LogP contribution >= 0.6 is 0 Å². The zero-order chi connectivity index (χ0) is 12.6. The van der Waals surface area contributed by atoms with E-state index in [0.29, 0.717) is 6.79 Å². The largest absolute Gasteiger partial charge is 0.454 e. The van der Waals surface area contributed by atoms with Gasteiger partial charge in [0.1, 0.15) is 0 Å². The minimum absolute atomic E-state index is 0.341. The first kappa shape index (κ1) is 13.0. The molecule has 0 bridgehead atoms. The fourth-order valence-corrected chi connectivity index (χ4v) is 2.07. The highest BCUT2D eigenvalue weighted by Gasteiger charge is 2.16. The molecule has 0 aromatic heterocycles. The maximum Gasteiger partial charge on any atom is 0.231 e. The molecule has 0 spiro atoms. The first-order chi connectivity index (χ1) is 8.92. The van der Waals surface area contributed by atoms with Crippen molar-refractivity contribution < 1.29 is 9.47 Å². The van der Waals surface area contributed by atoms with Gasteiger partial charge in [0.25, 0.3) is 0 Å². The number of fused-ring (bicyclic) bond motifs is 1. The van der Waals surface area contributed by atoms with E-state index in [4.69, 9.17) is 9.47 Å². The molecule has 18 heavy (non-hydrogen) atoms. The van der Waals surface area contributed by atoms with Crippen LogP contribution in [0.4, 0.5) is 0 Å². The van der Waals surface area contributed by atoms with E-state index in [9.17, 15) is 0 Å². The molecule has 1 aromatic carbocycles. The van der Waals surface area contributed by atoms with E-state index in [1.165, 1.54) is 24.8 Å². The van der Waals surface area contributed by atoms with E-state index in [2.05, 4.69) is 18.0 Å². The summed E-state index contributed by atoms with van der Waals surface area (Å²) in [6.45, 7) is 5.95. The summed E-state index contributed by atoms with van der Waals surface area (Å²) in [4.78, 5) is 0. The van der Waals surface area contributed by atoms with Crippen LogP contribution < -0.4 is 14.8 Å². The molecule has 1 aromatic rings. The maximum atomic E-state index is 5.47. The van der Waals surface area contributed by atoms with E-state index in [-0.39, 0.29) is 0 Å². The van der Waals surface area contributed by atoms with Crippen LogP contribution in [-0.2, 0) is 6.54 Å². The van der Waals surface area contributed by atoms with Crippen LogP contribution in [0.15, 0.2) is 30.9 Å². The van der Waals surface area contributed by atoms with Gasteiger partial charge in [-0.1, -0.05) is 24.6 Å². The topological polar surface area (TPSA) is 30.5 Å². The van der Waals surface area contributed by atoms with Gasteiger partial charge in [0, 0.05) is 12.1 Å². The van der Waals surface area contributed by atoms with Gasteiger partial charge in [-0.3, -0.25) is 0 Å². The van der Waals surface area contributed by atoms with Crippen molar-refractivity contribution in [3.05, 3.63) is 36.4 Å². The summed E-state index contributed by atoms with van der Waals surface area (Å²) in [5, 5.41) is 3.45. The number of para-hydroxylation sites is 1. The van der Waals surface area contributed by atoms with Gasteiger partial charge in [0.2, 0.25) is 6.79 Å². The highest BCUT2D eigenvalue weighted by molar-refractivity contribution is 5.48. The van der Waals surface area contributed by atoms with Gasteiger partial charge in [-0.2, -0.15) is 0 Å².